The van der Waals surface area contributed by atoms with E-state index in [0.717, 1.165) is 5.39 Å². The molecule has 3 aromatic rings. The standard InChI is InChI=1S/C21H20F3N5O2/c22-21(23,24)20-27-11-14(12-28-20)18(29-7-9-31-10-8-29)13-26-19(30)16-3-1-5-17-15(16)4-2-6-25-17/h1-6,11-12,18H,7-10,13H2,(H,26,30). The van der Waals surface area contributed by atoms with Gasteiger partial charge in [-0.1, -0.05) is 12.1 Å². The molecule has 1 fully saturated rings. The summed E-state index contributed by atoms with van der Waals surface area (Å²) in [5.74, 6) is -1.48. The zero-order valence-electron chi connectivity index (χ0n) is 16.5. The Morgan fingerprint density at radius 3 is 2.55 bits per heavy atom. The molecule has 7 nitrogen and oxygen atoms in total. The lowest BCUT2D eigenvalue weighted by Crippen LogP contribution is -2.44. The summed E-state index contributed by atoms with van der Waals surface area (Å²) in [5, 5.41) is 3.63. The first-order chi connectivity index (χ1) is 14.9. The van der Waals surface area contributed by atoms with Gasteiger partial charge in [0.1, 0.15) is 0 Å². The summed E-state index contributed by atoms with van der Waals surface area (Å²) in [6, 6.07) is 8.48. The second-order valence-electron chi connectivity index (χ2n) is 7.09. The van der Waals surface area contributed by atoms with E-state index in [1.807, 2.05) is 17.0 Å². The summed E-state index contributed by atoms with van der Waals surface area (Å²) in [4.78, 5) is 26.2. The number of rotatable bonds is 5. The summed E-state index contributed by atoms with van der Waals surface area (Å²) in [6.07, 6.45) is -0.611. The van der Waals surface area contributed by atoms with Gasteiger partial charge in [0.25, 0.3) is 5.91 Å². The number of hydrogen-bond acceptors (Lipinski definition) is 6. The van der Waals surface area contributed by atoms with Crippen LogP contribution in [-0.2, 0) is 10.9 Å². The fourth-order valence-electron chi connectivity index (χ4n) is 3.59. The molecule has 1 aliphatic rings. The van der Waals surface area contributed by atoms with E-state index in [9.17, 15) is 18.0 Å². The fourth-order valence-corrected chi connectivity index (χ4v) is 3.59. The largest absolute Gasteiger partial charge is 0.451 e. The molecule has 1 unspecified atom stereocenters. The van der Waals surface area contributed by atoms with Crippen molar-refractivity contribution in [1.29, 1.82) is 0 Å². The number of aromatic nitrogens is 3. The molecule has 1 saturated heterocycles. The second-order valence-corrected chi connectivity index (χ2v) is 7.09. The normalized spacial score (nSPS) is 16.2. The van der Waals surface area contributed by atoms with E-state index in [1.54, 1.807) is 24.4 Å². The van der Waals surface area contributed by atoms with Crippen LogP contribution in [0.4, 0.5) is 13.2 Å². The van der Waals surface area contributed by atoms with Crippen molar-refractivity contribution in [3.63, 3.8) is 0 Å². The van der Waals surface area contributed by atoms with Crippen molar-refractivity contribution in [2.45, 2.75) is 12.2 Å². The van der Waals surface area contributed by atoms with Crippen LogP contribution in [-0.4, -0.2) is 58.6 Å². The molecule has 0 spiro atoms. The molecule has 0 saturated carbocycles. The van der Waals surface area contributed by atoms with Crippen LogP contribution in [0.2, 0.25) is 0 Å². The maximum atomic E-state index is 12.9. The summed E-state index contributed by atoms with van der Waals surface area (Å²) in [7, 11) is 0. The minimum Gasteiger partial charge on any atom is -0.379 e. The van der Waals surface area contributed by atoms with Crippen LogP contribution in [0.25, 0.3) is 10.9 Å². The zero-order chi connectivity index (χ0) is 21.8. The molecule has 1 amide bonds. The van der Waals surface area contributed by atoms with Crippen molar-refractivity contribution < 1.29 is 22.7 Å². The number of alkyl halides is 3. The Balaban J connectivity index is 1.55. The van der Waals surface area contributed by atoms with Crippen LogP contribution in [0.3, 0.4) is 0 Å². The Labute approximate surface area is 176 Å². The maximum Gasteiger partial charge on any atom is 0.451 e. The van der Waals surface area contributed by atoms with E-state index in [4.69, 9.17) is 4.74 Å². The van der Waals surface area contributed by atoms with Gasteiger partial charge in [0.05, 0.1) is 24.8 Å². The summed E-state index contributed by atoms with van der Waals surface area (Å²) < 4.78 is 43.9. The highest BCUT2D eigenvalue weighted by atomic mass is 19.4. The minimum atomic E-state index is -4.61. The summed E-state index contributed by atoms with van der Waals surface area (Å²) in [5.41, 5.74) is 1.68. The van der Waals surface area contributed by atoms with E-state index in [1.165, 1.54) is 12.4 Å². The highest BCUT2D eigenvalue weighted by molar-refractivity contribution is 6.06. The molecule has 10 heteroatoms. The molecule has 1 atom stereocenters. The van der Waals surface area contributed by atoms with E-state index < -0.39 is 12.0 Å². The Bertz CT molecular complexity index is 1050. The molecular weight excluding hydrogens is 411 g/mol. The van der Waals surface area contributed by atoms with E-state index in [-0.39, 0.29) is 18.5 Å². The predicted molar refractivity (Wildman–Crippen MR) is 106 cm³/mol. The number of fused-ring (bicyclic) bond motifs is 1. The van der Waals surface area contributed by atoms with Gasteiger partial charge >= 0.3 is 6.18 Å². The van der Waals surface area contributed by atoms with Crippen molar-refractivity contribution in [2.24, 2.45) is 0 Å². The lowest BCUT2D eigenvalue weighted by atomic mass is 10.1. The summed E-state index contributed by atoms with van der Waals surface area (Å²) in [6.45, 7) is 2.35. The molecule has 1 aliphatic heterocycles. The molecule has 162 valence electrons. The Morgan fingerprint density at radius 1 is 1.10 bits per heavy atom. The van der Waals surface area contributed by atoms with Gasteiger partial charge in [0.2, 0.25) is 5.82 Å². The number of benzene rings is 1. The third-order valence-electron chi connectivity index (χ3n) is 5.14. The van der Waals surface area contributed by atoms with Crippen LogP contribution >= 0.6 is 0 Å². The first kappa shape index (κ1) is 21.1. The molecule has 1 N–H and O–H groups in total. The Hall–Kier alpha value is -3.11. The first-order valence-corrected chi connectivity index (χ1v) is 9.76. The van der Waals surface area contributed by atoms with Gasteiger partial charge in [0, 0.05) is 54.7 Å². The van der Waals surface area contributed by atoms with Crippen molar-refractivity contribution in [1.82, 2.24) is 25.2 Å². The molecule has 0 radical (unpaired) electrons. The maximum absolute atomic E-state index is 12.9. The van der Waals surface area contributed by atoms with Gasteiger partial charge in [-0.25, -0.2) is 9.97 Å². The number of ether oxygens (including phenoxy) is 1. The molecule has 1 aromatic carbocycles. The molecule has 0 aliphatic carbocycles. The lowest BCUT2D eigenvalue weighted by Gasteiger charge is -2.34. The van der Waals surface area contributed by atoms with Crippen molar-refractivity contribution >= 4 is 16.8 Å². The average Bonchev–Trinajstić information content (AvgIpc) is 2.79. The summed E-state index contributed by atoms with van der Waals surface area (Å²) >= 11 is 0. The highest BCUT2D eigenvalue weighted by Crippen LogP contribution is 2.27. The van der Waals surface area contributed by atoms with Gasteiger partial charge in [0.15, 0.2) is 0 Å². The van der Waals surface area contributed by atoms with Gasteiger partial charge < -0.3 is 10.1 Å². The van der Waals surface area contributed by atoms with E-state index >= 15 is 0 Å². The first-order valence-electron chi connectivity index (χ1n) is 9.76. The third kappa shape index (κ3) is 4.80. The van der Waals surface area contributed by atoms with Crippen LogP contribution < -0.4 is 5.32 Å². The van der Waals surface area contributed by atoms with Crippen LogP contribution in [0.1, 0.15) is 27.8 Å². The number of nitrogens with zero attached hydrogens (tertiary/aromatic N) is 4. The highest BCUT2D eigenvalue weighted by Gasteiger charge is 2.35. The monoisotopic (exact) mass is 431 g/mol. The molecule has 3 heterocycles. The van der Waals surface area contributed by atoms with E-state index in [2.05, 4.69) is 20.3 Å². The molecular formula is C21H20F3N5O2. The number of hydrogen-bond donors (Lipinski definition) is 1. The molecule has 0 bridgehead atoms. The van der Waals surface area contributed by atoms with E-state index in [0.29, 0.717) is 42.9 Å². The minimum absolute atomic E-state index is 0.185. The van der Waals surface area contributed by atoms with Gasteiger partial charge in [-0.05, 0) is 18.2 Å². The number of pyridine rings is 1. The molecule has 31 heavy (non-hydrogen) atoms. The lowest BCUT2D eigenvalue weighted by molar-refractivity contribution is -0.145. The van der Waals surface area contributed by atoms with Crippen molar-refractivity contribution in [2.75, 3.05) is 32.8 Å². The SMILES string of the molecule is O=C(NCC(c1cnc(C(F)(F)F)nc1)N1CCOCC1)c1cccc2ncccc12. The zero-order valence-corrected chi connectivity index (χ0v) is 16.5. The molecule has 2 aromatic heterocycles. The topological polar surface area (TPSA) is 80.2 Å². The predicted octanol–water partition coefficient (Wildman–Crippen LogP) is 2.85. The Kier molecular flexibility index (Phi) is 6.10. The van der Waals surface area contributed by atoms with Gasteiger partial charge in [-0.15, -0.1) is 0 Å². The number of halogens is 3. The third-order valence-corrected chi connectivity index (χ3v) is 5.14. The molecule has 4 rings (SSSR count). The average molecular weight is 431 g/mol. The van der Waals surface area contributed by atoms with Crippen LogP contribution in [0.15, 0.2) is 48.9 Å². The van der Waals surface area contributed by atoms with Gasteiger partial charge in [-0.3, -0.25) is 14.7 Å². The Morgan fingerprint density at radius 2 is 1.84 bits per heavy atom. The number of morpholine rings is 1. The smallest absolute Gasteiger partial charge is 0.379 e. The van der Waals surface area contributed by atoms with Crippen molar-refractivity contribution in [3.8, 4) is 0 Å². The fraction of sp³-hybridized carbons (Fsp3) is 0.333. The van der Waals surface area contributed by atoms with Crippen LogP contribution in [0, 0.1) is 0 Å². The number of amides is 1. The quantitative estimate of drug-likeness (QED) is 0.669. The van der Waals surface area contributed by atoms with Crippen molar-refractivity contribution in [3.05, 3.63) is 65.9 Å². The number of carbonyl (C=O) groups excluding carboxylic acids is 1. The second kappa shape index (κ2) is 8.94. The van der Waals surface area contributed by atoms with Gasteiger partial charge in [-0.2, -0.15) is 13.2 Å². The number of nitrogens with one attached hydrogen (secondary N) is 1. The number of carbonyl (C=O) groups is 1. The van der Waals surface area contributed by atoms with Crippen LogP contribution in [0.5, 0.6) is 0 Å².